The molecule has 2 aromatic heterocycles. The van der Waals surface area contributed by atoms with E-state index in [0.717, 1.165) is 52.1 Å². The molecule has 0 atom stereocenters. The number of imidazole rings is 1. The van der Waals surface area contributed by atoms with Gasteiger partial charge in [-0.15, -0.1) is 0 Å². The van der Waals surface area contributed by atoms with Gasteiger partial charge in [0, 0.05) is 12.6 Å². The molecule has 0 spiro atoms. The zero-order valence-corrected chi connectivity index (χ0v) is 18.7. The van der Waals surface area contributed by atoms with E-state index in [9.17, 15) is 4.79 Å². The average Bonchev–Trinajstić information content (AvgIpc) is 3.17. The summed E-state index contributed by atoms with van der Waals surface area (Å²) in [4.78, 5) is 21.8. The largest absolute Gasteiger partial charge is 0.465 e. The van der Waals surface area contributed by atoms with Crippen LogP contribution in [-0.4, -0.2) is 27.6 Å². The van der Waals surface area contributed by atoms with Crippen LogP contribution in [0, 0.1) is 6.92 Å². The fraction of sp³-hybridized carbons (Fsp3) is 0.222. The maximum absolute atomic E-state index is 12.3. The molecular formula is C27H27N3O2. The minimum absolute atomic E-state index is 0.351. The normalized spacial score (nSPS) is 11.7. The number of hydrogen-bond donors (Lipinski definition) is 0. The monoisotopic (exact) mass is 425 g/mol. The van der Waals surface area contributed by atoms with Crippen molar-refractivity contribution < 1.29 is 9.53 Å². The first-order valence-corrected chi connectivity index (χ1v) is 10.9. The molecule has 5 nitrogen and oxygen atoms in total. The number of rotatable bonds is 7. The first kappa shape index (κ1) is 21.5. The van der Waals surface area contributed by atoms with Gasteiger partial charge in [-0.1, -0.05) is 61.5 Å². The molecule has 4 aromatic rings. The highest BCUT2D eigenvalue weighted by atomic mass is 16.5. The van der Waals surface area contributed by atoms with Crippen molar-refractivity contribution >= 4 is 28.8 Å². The van der Waals surface area contributed by atoms with Crippen LogP contribution in [0.25, 0.3) is 22.8 Å². The lowest BCUT2D eigenvalue weighted by Gasteiger charge is -2.09. The molecule has 5 heteroatoms. The van der Waals surface area contributed by atoms with Crippen LogP contribution in [0.2, 0.25) is 0 Å². The van der Waals surface area contributed by atoms with Gasteiger partial charge < -0.3 is 9.30 Å². The predicted molar refractivity (Wildman–Crippen MR) is 128 cm³/mol. The summed E-state index contributed by atoms with van der Waals surface area (Å²) in [5, 5.41) is 0. The number of benzene rings is 2. The van der Waals surface area contributed by atoms with Gasteiger partial charge in [0.25, 0.3) is 0 Å². The lowest BCUT2D eigenvalue weighted by molar-refractivity contribution is -0.133. The first-order chi connectivity index (χ1) is 15.6. The van der Waals surface area contributed by atoms with E-state index in [1.165, 1.54) is 7.11 Å². The molecule has 0 unspecified atom stereocenters. The Morgan fingerprint density at radius 2 is 1.81 bits per heavy atom. The van der Waals surface area contributed by atoms with Gasteiger partial charge in [-0.05, 0) is 47.7 Å². The number of aryl methyl sites for hydroxylation is 2. The standard InChI is InChI=1S/C27H27N3O2/c1-4-8-24-29-25-19(2)15-16-28-26(25)30(24)18-21-13-11-20(12-14-21)17-23(27(31)32-3)22-9-6-5-7-10-22/h5-7,9-17H,4,8,18H2,1-3H3/b23-17+. The van der Waals surface area contributed by atoms with E-state index in [0.29, 0.717) is 12.1 Å². The lowest BCUT2D eigenvalue weighted by atomic mass is 10.0. The molecule has 0 saturated heterocycles. The Balaban J connectivity index is 1.65. The SMILES string of the molecule is CCCc1nc2c(C)ccnc2n1Cc1ccc(/C=C(/C(=O)OC)c2ccccc2)cc1. The number of methoxy groups -OCH3 is 1. The van der Waals surface area contributed by atoms with Crippen molar-refractivity contribution in [2.24, 2.45) is 0 Å². The van der Waals surface area contributed by atoms with Crippen LogP contribution in [0.5, 0.6) is 0 Å². The topological polar surface area (TPSA) is 57.0 Å². The number of ether oxygens (including phenoxy) is 1. The summed E-state index contributed by atoms with van der Waals surface area (Å²) in [6.07, 6.45) is 5.65. The van der Waals surface area contributed by atoms with Crippen molar-refractivity contribution in [3.8, 4) is 0 Å². The molecule has 0 saturated carbocycles. The number of fused-ring (bicyclic) bond motifs is 1. The highest BCUT2D eigenvalue weighted by molar-refractivity contribution is 6.21. The number of esters is 1. The molecule has 0 aliphatic carbocycles. The summed E-state index contributed by atoms with van der Waals surface area (Å²) in [6.45, 7) is 4.94. The van der Waals surface area contributed by atoms with Crippen LogP contribution in [0.3, 0.4) is 0 Å². The molecule has 0 radical (unpaired) electrons. The minimum atomic E-state index is -0.351. The Kier molecular flexibility index (Phi) is 6.45. The van der Waals surface area contributed by atoms with Gasteiger partial charge >= 0.3 is 5.97 Å². The summed E-state index contributed by atoms with van der Waals surface area (Å²) < 4.78 is 7.20. The van der Waals surface area contributed by atoms with Crippen molar-refractivity contribution in [1.82, 2.24) is 14.5 Å². The maximum atomic E-state index is 12.3. The van der Waals surface area contributed by atoms with Crippen molar-refractivity contribution in [3.05, 3.63) is 94.9 Å². The molecule has 4 rings (SSSR count). The van der Waals surface area contributed by atoms with E-state index in [2.05, 4.69) is 35.5 Å². The third-order valence-electron chi connectivity index (χ3n) is 5.51. The van der Waals surface area contributed by atoms with Crippen molar-refractivity contribution in [2.45, 2.75) is 33.2 Å². The Labute approximate surface area is 188 Å². The van der Waals surface area contributed by atoms with Gasteiger partial charge in [0.2, 0.25) is 0 Å². The molecule has 32 heavy (non-hydrogen) atoms. The van der Waals surface area contributed by atoms with Gasteiger partial charge in [0.15, 0.2) is 5.65 Å². The number of carbonyl (C=O) groups is 1. The molecule has 0 N–H and O–H groups in total. The number of pyridine rings is 1. The second-order valence-electron chi connectivity index (χ2n) is 7.82. The number of nitrogens with zero attached hydrogens (tertiary/aromatic N) is 3. The van der Waals surface area contributed by atoms with Crippen molar-refractivity contribution in [2.75, 3.05) is 7.11 Å². The Morgan fingerprint density at radius 1 is 1.06 bits per heavy atom. The molecular weight excluding hydrogens is 398 g/mol. The molecule has 0 fully saturated rings. The van der Waals surface area contributed by atoms with Crippen LogP contribution < -0.4 is 0 Å². The minimum Gasteiger partial charge on any atom is -0.465 e. The lowest BCUT2D eigenvalue weighted by Crippen LogP contribution is -2.06. The summed E-state index contributed by atoms with van der Waals surface area (Å²) in [7, 11) is 1.40. The van der Waals surface area contributed by atoms with Gasteiger partial charge in [-0.25, -0.2) is 14.8 Å². The molecule has 162 valence electrons. The van der Waals surface area contributed by atoms with E-state index >= 15 is 0 Å². The molecule has 2 heterocycles. The fourth-order valence-electron chi connectivity index (χ4n) is 3.82. The van der Waals surface area contributed by atoms with Gasteiger partial charge in [0.05, 0.1) is 19.2 Å². The quantitative estimate of drug-likeness (QED) is 0.224. The predicted octanol–water partition coefficient (Wildman–Crippen LogP) is 5.45. The first-order valence-electron chi connectivity index (χ1n) is 10.9. The fourth-order valence-corrected chi connectivity index (χ4v) is 3.82. The molecule has 0 bridgehead atoms. The summed E-state index contributed by atoms with van der Waals surface area (Å²) in [5.74, 6) is 0.709. The Hall–Kier alpha value is -3.73. The Bertz CT molecular complexity index is 1260. The average molecular weight is 426 g/mol. The van der Waals surface area contributed by atoms with E-state index in [1.54, 1.807) is 0 Å². The zero-order chi connectivity index (χ0) is 22.5. The van der Waals surface area contributed by atoms with E-state index in [1.807, 2.05) is 60.8 Å². The molecule has 2 aromatic carbocycles. The van der Waals surface area contributed by atoms with E-state index in [-0.39, 0.29) is 5.97 Å². The number of carbonyl (C=O) groups excluding carboxylic acids is 1. The smallest absolute Gasteiger partial charge is 0.338 e. The van der Waals surface area contributed by atoms with Crippen molar-refractivity contribution in [3.63, 3.8) is 0 Å². The third kappa shape index (κ3) is 4.47. The van der Waals surface area contributed by atoms with Crippen LogP contribution in [0.15, 0.2) is 66.9 Å². The summed E-state index contributed by atoms with van der Waals surface area (Å²) in [5.41, 5.74) is 6.50. The second-order valence-corrected chi connectivity index (χ2v) is 7.82. The highest BCUT2D eigenvalue weighted by Gasteiger charge is 2.14. The maximum Gasteiger partial charge on any atom is 0.338 e. The summed E-state index contributed by atoms with van der Waals surface area (Å²) in [6, 6.07) is 19.8. The number of aromatic nitrogens is 3. The number of hydrogen-bond acceptors (Lipinski definition) is 4. The summed E-state index contributed by atoms with van der Waals surface area (Å²) >= 11 is 0. The van der Waals surface area contributed by atoms with E-state index < -0.39 is 0 Å². The van der Waals surface area contributed by atoms with Crippen molar-refractivity contribution in [1.29, 1.82) is 0 Å². The van der Waals surface area contributed by atoms with Crippen LogP contribution in [-0.2, 0) is 22.5 Å². The van der Waals surface area contributed by atoms with Gasteiger partial charge in [0.1, 0.15) is 11.3 Å². The van der Waals surface area contributed by atoms with Gasteiger partial charge in [-0.3, -0.25) is 0 Å². The second kappa shape index (κ2) is 9.60. The van der Waals surface area contributed by atoms with Gasteiger partial charge in [-0.2, -0.15) is 0 Å². The zero-order valence-electron chi connectivity index (χ0n) is 18.7. The third-order valence-corrected chi connectivity index (χ3v) is 5.51. The molecule has 0 aliphatic heterocycles. The highest BCUT2D eigenvalue weighted by Crippen LogP contribution is 2.22. The Morgan fingerprint density at radius 3 is 2.50 bits per heavy atom. The van der Waals surface area contributed by atoms with Crippen LogP contribution in [0.4, 0.5) is 0 Å². The van der Waals surface area contributed by atoms with E-state index in [4.69, 9.17) is 9.72 Å². The van der Waals surface area contributed by atoms with Crippen LogP contribution in [0.1, 0.15) is 41.4 Å². The molecule has 0 aliphatic rings. The van der Waals surface area contributed by atoms with Crippen LogP contribution >= 0.6 is 0 Å². The molecule has 0 amide bonds.